The minimum atomic E-state index is -0.166. The van der Waals surface area contributed by atoms with Crippen LogP contribution in [0.25, 0.3) is 0 Å². The molecule has 0 atom stereocenters. The van der Waals surface area contributed by atoms with Crippen molar-refractivity contribution in [2.45, 2.75) is 25.2 Å². The highest BCUT2D eigenvalue weighted by molar-refractivity contribution is 5.21. The van der Waals surface area contributed by atoms with Crippen LogP contribution in [0.2, 0.25) is 0 Å². The molecule has 1 saturated heterocycles. The lowest BCUT2D eigenvalue weighted by atomic mass is 9.89. The van der Waals surface area contributed by atoms with Crippen LogP contribution in [0.5, 0.6) is 0 Å². The molecule has 1 fully saturated rings. The summed E-state index contributed by atoms with van der Waals surface area (Å²) in [5.41, 5.74) is 1.24. The first-order valence-corrected chi connectivity index (χ1v) is 6.14. The van der Waals surface area contributed by atoms with Gasteiger partial charge in [0.25, 0.3) is 0 Å². The monoisotopic (exact) mass is 232 g/mol. The van der Waals surface area contributed by atoms with Gasteiger partial charge in [0.05, 0.1) is 6.07 Å². The van der Waals surface area contributed by atoms with E-state index in [0.29, 0.717) is 12.3 Å². The van der Waals surface area contributed by atoms with Crippen molar-refractivity contribution in [1.82, 2.24) is 4.90 Å². The Bertz CT molecular complexity index is 386. The maximum atomic E-state index is 12.8. The average Bonchev–Trinajstić information content (AvgIpc) is 2.38. The fraction of sp³-hybridized carbons (Fsp3) is 0.500. The van der Waals surface area contributed by atoms with E-state index in [9.17, 15) is 4.39 Å². The van der Waals surface area contributed by atoms with Gasteiger partial charge < -0.3 is 4.90 Å². The number of nitriles is 1. The normalized spacial score (nSPS) is 17.9. The van der Waals surface area contributed by atoms with E-state index in [-0.39, 0.29) is 5.82 Å². The molecule has 0 aliphatic carbocycles. The first kappa shape index (κ1) is 12.1. The summed E-state index contributed by atoms with van der Waals surface area (Å²) in [5, 5.41) is 8.54. The Morgan fingerprint density at radius 2 is 1.88 bits per heavy atom. The maximum Gasteiger partial charge on any atom is 0.123 e. The Balaban J connectivity index is 1.87. The molecule has 0 bridgehead atoms. The second kappa shape index (κ2) is 5.79. The van der Waals surface area contributed by atoms with Crippen molar-refractivity contribution in [3.05, 3.63) is 35.6 Å². The van der Waals surface area contributed by atoms with Gasteiger partial charge in [-0.3, -0.25) is 0 Å². The summed E-state index contributed by atoms with van der Waals surface area (Å²) >= 11 is 0. The molecular formula is C14H17FN2. The van der Waals surface area contributed by atoms with Gasteiger partial charge in [-0.2, -0.15) is 5.26 Å². The fourth-order valence-electron chi connectivity index (χ4n) is 2.43. The van der Waals surface area contributed by atoms with Crippen molar-refractivity contribution < 1.29 is 4.39 Å². The molecule has 1 aromatic rings. The van der Waals surface area contributed by atoms with E-state index in [1.165, 1.54) is 17.7 Å². The second-order valence-electron chi connectivity index (χ2n) is 4.58. The summed E-state index contributed by atoms with van der Waals surface area (Å²) < 4.78 is 12.8. The zero-order valence-corrected chi connectivity index (χ0v) is 9.90. The summed E-state index contributed by atoms with van der Waals surface area (Å²) in [6.07, 6.45) is 2.83. The number of likely N-dealkylation sites (tertiary alicyclic amines) is 1. The lowest BCUT2D eigenvalue weighted by Crippen LogP contribution is -2.33. The zero-order valence-electron chi connectivity index (χ0n) is 9.90. The molecule has 0 aromatic heterocycles. The van der Waals surface area contributed by atoms with Crippen molar-refractivity contribution >= 4 is 0 Å². The molecule has 2 rings (SSSR count). The molecule has 3 heteroatoms. The van der Waals surface area contributed by atoms with Crippen molar-refractivity contribution in [3.63, 3.8) is 0 Å². The summed E-state index contributed by atoms with van der Waals surface area (Å²) in [7, 11) is 0. The minimum Gasteiger partial charge on any atom is -0.302 e. The van der Waals surface area contributed by atoms with Gasteiger partial charge in [0.15, 0.2) is 0 Å². The lowest BCUT2D eigenvalue weighted by Gasteiger charge is -2.31. The lowest BCUT2D eigenvalue weighted by molar-refractivity contribution is 0.216. The van der Waals surface area contributed by atoms with Crippen molar-refractivity contribution in [2.75, 3.05) is 19.6 Å². The van der Waals surface area contributed by atoms with Crippen LogP contribution in [-0.4, -0.2) is 24.5 Å². The molecule has 0 unspecified atom stereocenters. The van der Waals surface area contributed by atoms with Crippen LogP contribution in [0.1, 0.15) is 30.7 Å². The third-order valence-corrected chi connectivity index (χ3v) is 3.47. The average molecular weight is 232 g/mol. The summed E-state index contributed by atoms with van der Waals surface area (Å²) in [5.74, 6) is 0.383. The van der Waals surface area contributed by atoms with Gasteiger partial charge in [0, 0.05) is 13.0 Å². The summed E-state index contributed by atoms with van der Waals surface area (Å²) in [6.45, 7) is 2.97. The highest BCUT2D eigenvalue weighted by Crippen LogP contribution is 2.27. The molecule has 0 saturated carbocycles. The van der Waals surface area contributed by atoms with Crippen molar-refractivity contribution in [2.24, 2.45) is 0 Å². The van der Waals surface area contributed by atoms with Crippen LogP contribution in [-0.2, 0) is 0 Å². The number of halogens is 1. The van der Waals surface area contributed by atoms with E-state index < -0.39 is 0 Å². The van der Waals surface area contributed by atoms with Gasteiger partial charge in [-0.25, -0.2) is 4.39 Å². The Kier molecular flexibility index (Phi) is 4.11. The van der Waals surface area contributed by atoms with Gasteiger partial charge in [-0.05, 0) is 49.5 Å². The predicted molar refractivity (Wildman–Crippen MR) is 65.0 cm³/mol. The number of hydrogen-bond donors (Lipinski definition) is 0. The van der Waals surface area contributed by atoms with E-state index in [1.54, 1.807) is 0 Å². The van der Waals surface area contributed by atoms with Gasteiger partial charge >= 0.3 is 0 Å². The smallest absolute Gasteiger partial charge is 0.123 e. The molecule has 1 aromatic carbocycles. The van der Waals surface area contributed by atoms with Crippen molar-refractivity contribution in [3.8, 4) is 6.07 Å². The third-order valence-electron chi connectivity index (χ3n) is 3.47. The number of hydrogen-bond acceptors (Lipinski definition) is 2. The first-order valence-electron chi connectivity index (χ1n) is 6.14. The standard InChI is InChI=1S/C14H17FN2/c15-14-4-2-12(3-5-14)13-6-10-17(11-7-13)9-1-8-16/h2-5,13H,1,6-7,9-11H2. The largest absolute Gasteiger partial charge is 0.302 e. The van der Waals surface area contributed by atoms with E-state index in [0.717, 1.165) is 32.5 Å². The topological polar surface area (TPSA) is 27.0 Å². The van der Waals surface area contributed by atoms with Crippen LogP contribution in [0.15, 0.2) is 24.3 Å². The third kappa shape index (κ3) is 3.28. The van der Waals surface area contributed by atoms with Crippen LogP contribution in [0.3, 0.4) is 0 Å². The van der Waals surface area contributed by atoms with Crippen molar-refractivity contribution in [1.29, 1.82) is 5.26 Å². The predicted octanol–water partition coefficient (Wildman–Crippen LogP) is 2.92. The SMILES string of the molecule is N#CCCN1CCC(c2ccc(F)cc2)CC1. The molecule has 1 aliphatic heterocycles. The molecule has 0 spiro atoms. The van der Waals surface area contributed by atoms with E-state index in [4.69, 9.17) is 5.26 Å². The zero-order chi connectivity index (χ0) is 12.1. The van der Waals surface area contributed by atoms with Crippen LogP contribution >= 0.6 is 0 Å². The molecule has 1 aliphatic rings. The summed E-state index contributed by atoms with van der Waals surface area (Å²) in [6, 6.07) is 9.05. The number of piperidine rings is 1. The van der Waals surface area contributed by atoms with E-state index in [2.05, 4.69) is 11.0 Å². The van der Waals surface area contributed by atoms with E-state index in [1.807, 2.05) is 12.1 Å². The Labute approximate surface area is 102 Å². The minimum absolute atomic E-state index is 0.166. The van der Waals surface area contributed by atoms with Gasteiger partial charge in [0.2, 0.25) is 0 Å². The first-order chi connectivity index (χ1) is 8.29. The molecule has 0 N–H and O–H groups in total. The van der Waals surface area contributed by atoms with Crippen LogP contribution < -0.4 is 0 Å². The fourth-order valence-corrected chi connectivity index (χ4v) is 2.43. The highest BCUT2D eigenvalue weighted by Gasteiger charge is 2.19. The molecule has 2 nitrogen and oxygen atoms in total. The second-order valence-corrected chi connectivity index (χ2v) is 4.58. The Morgan fingerprint density at radius 1 is 1.24 bits per heavy atom. The highest BCUT2D eigenvalue weighted by atomic mass is 19.1. The maximum absolute atomic E-state index is 12.8. The molecule has 17 heavy (non-hydrogen) atoms. The molecular weight excluding hydrogens is 215 g/mol. The number of rotatable bonds is 3. The summed E-state index contributed by atoms with van der Waals surface area (Å²) in [4.78, 5) is 2.34. The van der Waals surface area contributed by atoms with Gasteiger partial charge in [0.1, 0.15) is 5.82 Å². The Hall–Kier alpha value is -1.40. The molecule has 0 radical (unpaired) electrons. The molecule has 0 amide bonds. The molecule has 1 heterocycles. The number of nitrogens with zero attached hydrogens (tertiary/aromatic N) is 2. The quantitative estimate of drug-likeness (QED) is 0.801. The van der Waals surface area contributed by atoms with E-state index >= 15 is 0 Å². The Morgan fingerprint density at radius 3 is 2.47 bits per heavy atom. The van der Waals surface area contributed by atoms with Crippen LogP contribution in [0, 0.1) is 17.1 Å². The van der Waals surface area contributed by atoms with Gasteiger partial charge in [-0.15, -0.1) is 0 Å². The number of benzene rings is 1. The van der Waals surface area contributed by atoms with Gasteiger partial charge in [-0.1, -0.05) is 12.1 Å². The molecule has 90 valence electrons. The van der Waals surface area contributed by atoms with Crippen LogP contribution in [0.4, 0.5) is 4.39 Å².